The van der Waals surface area contributed by atoms with Crippen LogP contribution in [0.2, 0.25) is 0 Å². The van der Waals surface area contributed by atoms with E-state index in [1.165, 1.54) is 15.9 Å². The van der Waals surface area contributed by atoms with E-state index < -0.39 is 12.9 Å². The first kappa shape index (κ1) is 21.0. The summed E-state index contributed by atoms with van der Waals surface area (Å²) in [5, 5.41) is 3.87. The van der Waals surface area contributed by atoms with E-state index in [0.717, 1.165) is 0 Å². The van der Waals surface area contributed by atoms with Crippen molar-refractivity contribution in [3.63, 3.8) is 0 Å². The summed E-state index contributed by atoms with van der Waals surface area (Å²) in [4.78, 5) is 12.3. The monoisotopic (exact) mass is 404 g/mol. The number of esters is 1. The summed E-state index contributed by atoms with van der Waals surface area (Å²) in [6, 6.07) is 31.9. The molecule has 0 atom stereocenters. The van der Waals surface area contributed by atoms with Gasteiger partial charge in [0.2, 0.25) is 0 Å². The van der Waals surface area contributed by atoms with Gasteiger partial charge >= 0.3 is 174 Å². The SMILES string of the molecule is CC(C)(C)OC(=O)CC=C[PH](c1ccccc1)(c1ccccc1)c1ccccc1. The molecule has 0 spiro atoms. The quantitative estimate of drug-likeness (QED) is 0.429. The third-order valence-corrected chi connectivity index (χ3v) is 9.23. The fraction of sp³-hybridized carbons (Fsp3) is 0.192. The van der Waals surface area contributed by atoms with E-state index >= 15 is 0 Å². The van der Waals surface area contributed by atoms with Crippen molar-refractivity contribution in [1.29, 1.82) is 0 Å². The first-order chi connectivity index (χ1) is 13.9. The van der Waals surface area contributed by atoms with E-state index in [-0.39, 0.29) is 12.4 Å². The summed E-state index contributed by atoms with van der Waals surface area (Å²) in [5.74, 6) is 2.07. The molecule has 150 valence electrons. The van der Waals surface area contributed by atoms with Crippen LogP contribution in [0.1, 0.15) is 27.2 Å². The molecule has 0 unspecified atom stereocenters. The van der Waals surface area contributed by atoms with Crippen molar-refractivity contribution in [2.75, 3.05) is 0 Å². The zero-order valence-electron chi connectivity index (χ0n) is 17.3. The van der Waals surface area contributed by atoms with Crippen LogP contribution in [-0.2, 0) is 9.53 Å². The number of benzene rings is 3. The van der Waals surface area contributed by atoms with E-state index in [0.29, 0.717) is 0 Å². The Kier molecular flexibility index (Phi) is 6.67. The van der Waals surface area contributed by atoms with Crippen LogP contribution in [0.5, 0.6) is 0 Å². The minimum atomic E-state index is -2.44. The number of carbonyl (C=O) groups excluding carboxylic acids is 1. The second kappa shape index (κ2) is 9.20. The normalized spacial score (nSPS) is 12.7. The van der Waals surface area contributed by atoms with E-state index in [2.05, 4.69) is 78.6 Å². The molecule has 0 N–H and O–H groups in total. The van der Waals surface area contributed by atoms with Gasteiger partial charge in [0, 0.05) is 0 Å². The molecule has 2 nitrogen and oxygen atoms in total. The van der Waals surface area contributed by atoms with E-state index in [1.807, 2.05) is 45.0 Å². The Morgan fingerprint density at radius 3 is 1.48 bits per heavy atom. The van der Waals surface area contributed by atoms with Gasteiger partial charge in [0.15, 0.2) is 0 Å². The Labute approximate surface area is 174 Å². The van der Waals surface area contributed by atoms with Crippen molar-refractivity contribution in [1.82, 2.24) is 0 Å². The molecule has 0 fully saturated rings. The van der Waals surface area contributed by atoms with Crippen molar-refractivity contribution in [3.05, 3.63) is 103 Å². The first-order valence-electron chi connectivity index (χ1n) is 9.98. The van der Waals surface area contributed by atoms with Crippen LogP contribution in [0.15, 0.2) is 103 Å². The van der Waals surface area contributed by atoms with Crippen molar-refractivity contribution < 1.29 is 9.53 Å². The van der Waals surface area contributed by atoms with Gasteiger partial charge in [-0.1, -0.05) is 0 Å². The van der Waals surface area contributed by atoms with Gasteiger partial charge in [-0.05, 0) is 0 Å². The predicted molar refractivity (Wildman–Crippen MR) is 126 cm³/mol. The van der Waals surface area contributed by atoms with Crippen LogP contribution in [0.25, 0.3) is 0 Å². The zero-order valence-corrected chi connectivity index (χ0v) is 18.3. The Hall–Kier alpha value is -2.70. The molecule has 0 heterocycles. The molecular weight excluding hydrogens is 375 g/mol. The van der Waals surface area contributed by atoms with Crippen LogP contribution < -0.4 is 15.9 Å². The summed E-state index contributed by atoms with van der Waals surface area (Å²) >= 11 is 0. The molecule has 0 aliphatic heterocycles. The summed E-state index contributed by atoms with van der Waals surface area (Å²) in [5.41, 5.74) is -0.474. The van der Waals surface area contributed by atoms with Crippen molar-refractivity contribution >= 4 is 29.1 Å². The maximum atomic E-state index is 12.3. The summed E-state index contributed by atoms with van der Waals surface area (Å²) < 4.78 is 5.49. The number of hydrogen-bond acceptors (Lipinski definition) is 2. The number of hydrogen-bond donors (Lipinski definition) is 0. The first-order valence-corrected chi connectivity index (χ1v) is 12.1. The fourth-order valence-corrected chi connectivity index (χ4v) is 7.81. The van der Waals surface area contributed by atoms with Crippen molar-refractivity contribution in [3.8, 4) is 0 Å². The van der Waals surface area contributed by atoms with Crippen LogP contribution in [0.3, 0.4) is 0 Å². The van der Waals surface area contributed by atoms with Crippen LogP contribution in [0, 0.1) is 0 Å². The van der Waals surface area contributed by atoms with Gasteiger partial charge in [0.1, 0.15) is 0 Å². The zero-order chi connectivity index (χ0) is 20.7. The predicted octanol–water partition coefficient (Wildman–Crippen LogP) is 4.96. The third-order valence-electron chi connectivity index (χ3n) is 4.76. The van der Waals surface area contributed by atoms with Gasteiger partial charge in [-0.3, -0.25) is 0 Å². The van der Waals surface area contributed by atoms with Gasteiger partial charge in [-0.25, -0.2) is 0 Å². The topological polar surface area (TPSA) is 26.3 Å². The summed E-state index contributed by atoms with van der Waals surface area (Å²) in [6.45, 7) is 5.68. The molecule has 0 saturated carbocycles. The molecular formula is C26H29O2P. The minimum absolute atomic E-state index is 0.203. The average Bonchev–Trinajstić information content (AvgIpc) is 2.72. The molecule has 0 aliphatic rings. The molecule has 29 heavy (non-hydrogen) atoms. The van der Waals surface area contributed by atoms with Gasteiger partial charge in [-0.2, -0.15) is 0 Å². The molecule has 3 aromatic rings. The second-order valence-electron chi connectivity index (χ2n) is 8.10. The van der Waals surface area contributed by atoms with E-state index in [9.17, 15) is 4.79 Å². The fourth-order valence-electron chi connectivity index (χ4n) is 3.61. The second-order valence-corrected chi connectivity index (χ2v) is 11.8. The molecule has 0 saturated heterocycles. The number of ether oxygens (including phenoxy) is 1. The van der Waals surface area contributed by atoms with Crippen molar-refractivity contribution in [2.45, 2.75) is 32.8 Å². The van der Waals surface area contributed by atoms with E-state index in [1.54, 1.807) is 0 Å². The van der Waals surface area contributed by atoms with Crippen LogP contribution in [-0.4, -0.2) is 11.6 Å². The third kappa shape index (κ3) is 5.22. The average molecular weight is 404 g/mol. The van der Waals surface area contributed by atoms with Gasteiger partial charge in [0.05, 0.1) is 0 Å². The Bertz CT molecular complexity index is 846. The molecule has 0 radical (unpaired) electrons. The van der Waals surface area contributed by atoms with Gasteiger partial charge < -0.3 is 0 Å². The molecule has 0 aromatic heterocycles. The Balaban J connectivity index is 2.10. The van der Waals surface area contributed by atoms with Gasteiger partial charge in [-0.15, -0.1) is 0 Å². The number of rotatable bonds is 6. The summed E-state index contributed by atoms with van der Waals surface area (Å²) in [6.07, 6.45) is 2.26. The molecule has 3 heteroatoms. The molecule has 3 rings (SSSR count). The van der Waals surface area contributed by atoms with E-state index in [4.69, 9.17) is 4.74 Å². The molecule has 0 amide bonds. The standard InChI is InChI=1S/C26H29O2P/c1-26(2,3)28-25(27)20-13-21-29(22-14-7-4-8-15-22,23-16-9-5-10-17-23)24-18-11-6-12-19-24/h4-19,21,29H,20H2,1-3H3. The van der Waals surface area contributed by atoms with Gasteiger partial charge in [0.25, 0.3) is 0 Å². The number of carbonyl (C=O) groups is 1. The van der Waals surface area contributed by atoms with Crippen LogP contribution >= 0.6 is 7.26 Å². The Morgan fingerprint density at radius 2 is 1.14 bits per heavy atom. The van der Waals surface area contributed by atoms with Crippen molar-refractivity contribution in [2.24, 2.45) is 0 Å². The Morgan fingerprint density at radius 1 is 0.759 bits per heavy atom. The molecule has 0 aliphatic carbocycles. The van der Waals surface area contributed by atoms with Crippen LogP contribution in [0.4, 0.5) is 0 Å². The maximum absolute atomic E-state index is 12.3. The molecule has 3 aromatic carbocycles. The molecule has 0 bridgehead atoms. The summed E-state index contributed by atoms with van der Waals surface area (Å²) in [7, 11) is -2.44.